The lowest BCUT2D eigenvalue weighted by Crippen LogP contribution is -2.31. The van der Waals surface area contributed by atoms with Crippen LogP contribution in [-0.4, -0.2) is 24.3 Å². The van der Waals surface area contributed by atoms with Crippen LogP contribution in [0.1, 0.15) is 26.7 Å². The Labute approximate surface area is 79.1 Å². The molecule has 0 bridgehead atoms. The molecule has 0 aliphatic rings. The highest BCUT2D eigenvalue weighted by molar-refractivity contribution is 5.66. The monoisotopic (exact) mass is 187 g/mol. The first kappa shape index (κ1) is 11.8. The van der Waals surface area contributed by atoms with Crippen molar-refractivity contribution in [3.63, 3.8) is 0 Å². The fourth-order valence-electron chi connectivity index (χ4n) is 0.774. The molecule has 0 rings (SSSR count). The first-order valence-corrected chi connectivity index (χ1v) is 4.48. The molecule has 76 valence electrons. The number of hydrogen-bond acceptors (Lipinski definition) is 3. The van der Waals surface area contributed by atoms with Crippen LogP contribution < -0.4 is 0 Å². The zero-order valence-corrected chi connectivity index (χ0v) is 8.28. The third-order valence-electron chi connectivity index (χ3n) is 1.39. The van der Waals surface area contributed by atoms with Gasteiger partial charge in [0.25, 0.3) is 0 Å². The summed E-state index contributed by atoms with van der Waals surface area (Å²) >= 11 is 0. The number of amides is 1. The molecule has 4 nitrogen and oxygen atoms in total. The van der Waals surface area contributed by atoms with Gasteiger partial charge in [-0.15, -0.1) is 5.06 Å². The van der Waals surface area contributed by atoms with E-state index in [4.69, 9.17) is 9.57 Å². The number of unbranched alkanes of at least 4 members (excludes halogenated alkanes) is 1. The van der Waals surface area contributed by atoms with Crippen molar-refractivity contribution in [2.45, 2.75) is 26.7 Å². The molecule has 0 unspecified atom stereocenters. The highest BCUT2D eigenvalue weighted by Gasteiger charge is 2.13. The Balaban J connectivity index is 3.90. The maximum atomic E-state index is 11.2. The third kappa shape index (κ3) is 5.11. The summed E-state index contributed by atoms with van der Waals surface area (Å²) in [6.45, 7) is 8.05. The molecule has 0 aliphatic carbocycles. The average Bonchev–Trinajstić information content (AvgIpc) is 2.12. The molecule has 0 aromatic carbocycles. The summed E-state index contributed by atoms with van der Waals surface area (Å²) in [6.07, 6.45) is 2.63. The molecule has 0 aromatic rings. The van der Waals surface area contributed by atoms with Crippen molar-refractivity contribution in [3.8, 4) is 0 Å². The molecular formula is C9H17NO3. The maximum absolute atomic E-state index is 11.2. The molecule has 13 heavy (non-hydrogen) atoms. The number of rotatable bonds is 6. The molecule has 0 fully saturated rings. The predicted octanol–water partition coefficient (Wildman–Crippen LogP) is 2.32. The summed E-state index contributed by atoms with van der Waals surface area (Å²) in [5, 5.41) is 1.17. The van der Waals surface area contributed by atoms with Crippen molar-refractivity contribution in [1.82, 2.24) is 5.06 Å². The molecule has 0 aliphatic heterocycles. The first-order valence-electron chi connectivity index (χ1n) is 4.48. The molecular weight excluding hydrogens is 170 g/mol. The van der Waals surface area contributed by atoms with E-state index >= 15 is 0 Å². The van der Waals surface area contributed by atoms with Crippen LogP contribution in [-0.2, 0) is 9.57 Å². The van der Waals surface area contributed by atoms with Gasteiger partial charge in [-0.3, -0.25) is 0 Å². The molecule has 0 heterocycles. The standard InChI is InChI=1S/C9H17NO3/c1-4-7-8-10(13-6-3)9(11)12-5-2/h6H,3-5,7-8H2,1-2H3. The van der Waals surface area contributed by atoms with Crippen LogP contribution >= 0.6 is 0 Å². The molecule has 0 spiro atoms. The van der Waals surface area contributed by atoms with Gasteiger partial charge >= 0.3 is 6.09 Å². The van der Waals surface area contributed by atoms with Gasteiger partial charge in [-0.05, 0) is 13.3 Å². The van der Waals surface area contributed by atoms with E-state index in [0.717, 1.165) is 12.8 Å². The summed E-state index contributed by atoms with van der Waals surface area (Å²) in [4.78, 5) is 16.1. The number of hydroxylamine groups is 2. The van der Waals surface area contributed by atoms with Gasteiger partial charge in [-0.1, -0.05) is 19.9 Å². The summed E-state index contributed by atoms with van der Waals surface area (Å²) in [6, 6.07) is 0. The topological polar surface area (TPSA) is 38.8 Å². The van der Waals surface area contributed by atoms with Crippen molar-refractivity contribution >= 4 is 6.09 Å². The third-order valence-corrected chi connectivity index (χ3v) is 1.39. The summed E-state index contributed by atoms with van der Waals surface area (Å²) in [7, 11) is 0. The van der Waals surface area contributed by atoms with Crippen molar-refractivity contribution in [2.24, 2.45) is 0 Å². The van der Waals surface area contributed by atoms with Crippen molar-refractivity contribution in [1.29, 1.82) is 0 Å². The molecule has 0 atom stereocenters. The van der Waals surface area contributed by atoms with Gasteiger partial charge in [0, 0.05) is 0 Å². The fraction of sp³-hybridized carbons (Fsp3) is 0.667. The quantitative estimate of drug-likeness (QED) is 0.473. The zero-order chi connectivity index (χ0) is 10.1. The highest BCUT2D eigenvalue weighted by atomic mass is 16.7. The van der Waals surface area contributed by atoms with E-state index in [1.165, 1.54) is 11.3 Å². The van der Waals surface area contributed by atoms with Crippen LogP contribution in [0.3, 0.4) is 0 Å². The van der Waals surface area contributed by atoms with E-state index in [-0.39, 0.29) is 0 Å². The van der Waals surface area contributed by atoms with Crippen LogP contribution in [0.25, 0.3) is 0 Å². The second-order valence-corrected chi connectivity index (χ2v) is 2.43. The molecule has 0 radical (unpaired) electrons. The van der Waals surface area contributed by atoms with E-state index in [1.54, 1.807) is 6.92 Å². The van der Waals surface area contributed by atoms with Crippen LogP contribution in [0.15, 0.2) is 12.8 Å². The molecule has 4 heteroatoms. The Morgan fingerprint density at radius 1 is 1.54 bits per heavy atom. The zero-order valence-electron chi connectivity index (χ0n) is 8.28. The number of ether oxygens (including phenoxy) is 1. The maximum Gasteiger partial charge on any atom is 0.443 e. The number of hydrogen-bond donors (Lipinski definition) is 0. The van der Waals surface area contributed by atoms with Crippen LogP contribution in [0.5, 0.6) is 0 Å². The number of nitrogens with zero attached hydrogens (tertiary/aromatic N) is 1. The Bertz CT molecular complexity index is 159. The van der Waals surface area contributed by atoms with Crippen molar-refractivity contribution in [2.75, 3.05) is 13.2 Å². The van der Waals surface area contributed by atoms with Gasteiger partial charge in [0.1, 0.15) is 6.26 Å². The van der Waals surface area contributed by atoms with Gasteiger partial charge in [0.2, 0.25) is 0 Å². The molecule has 1 amide bonds. The summed E-state index contributed by atoms with van der Waals surface area (Å²) in [5.41, 5.74) is 0. The van der Waals surface area contributed by atoms with E-state index in [9.17, 15) is 4.79 Å². The number of carbonyl (C=O) groups is 1. The van der Waals surface area contributed by atoms with E-state index in [2.05, 4.69) is 6.58 Å². The predicted molar refractivity (Wildman–Crippen MR) is 49.9 cm³/mol. The largest absolute Gasteiger partial charge is 0.448 e. The SMILES string of the molecule is C=CON(CCCC)C(=O)OCC. The van der Waals surface area contributed by atoms with Gasteiger partial charge < -0.3 is 9.57 Å². The second-order valence-electron chi connectivity index (χ2n) is 2.43. The van der Waals surface area contributed by atoms with E-state index in [0.29, 0.717) is 13.2 Å². The van der Waals surface area contributed by atoms with Crippen LogP contribution in [0.4, 0.5) is 4.79 Å². The van der Waals surface area contributed by atoms with Gasteiger partial charge in [0.05, 0.1) is 13.2 Å². The minimum Gasteiger partial charge on any atom is -0.448 e. The van der Waals surface area contributed by atoms with Gasteiger partial charge in [-0.2, -0.15) is 0 Å². The average molecular weight is 187 g/mol. The van der Waals surface area contributed by atoms with E-state index in [1.807, 2.05) is 6.92 Å². The lowest BCUT2D eigenvalue weighted by Gasteiger charge is -2.18. The molecule has 0 saturated carbocycles. The smallest absolute Gasteiger partial charge is 0.443 e. The first-order chi connectivity index (χ1) is 6.26. The Kier molecular flexibility index (Phi) is 6.78. The van der Waals surface area contributed by atoms with E-state index < -0.39 is 6.09 Å². The molecule has 0 N–H and O–H groups in total. The second kappa shape index (κ2) is 7.46. The Morgan fingerprint density at radius 2 is 2.23 bits per heavy atom. The fourth-order valence-corrected chi connectivity index (χ4v) is 0.774. The minimum atomic E-state index is -0.462. The Hall–Kier alpha value is -1.19. The Morgan fingerprint density at radius 3 is 2.69 bits per heavy atom. The lowest BCUT2D eigenvalue weighted by atomic mass is 10.3. The minimum absolute atomic E-state index is 0.349. The molecule has 0 aromatic heterocycles. The van der Waals surface area contributed by atoms with Gasteiger partial charge in [0.15, 0.2) is 0 Å². The highest BCUT2D eigenvalue weighted by Crippen LogP contribution is 1.99. The van der Waals surface area contributed by atoms with Crippen LogP contribution in [0, 0.1) is 0 Å². The number of carbonyl (C=O) groups excluding carboxylic acids is 1. The summed E-state index contributed by atoms with van der Waals surface area (Å²) < 4.78 is 4.77. The molecule has 0 saturated heterocycles. The van der Waals surface area contributed by atoms with Crippen molar-refractivity contribution < 1.29 is 14.4 Å². The van der Waals surface area contributed by atoms with Gasteiger partial charge in [-0.25, -0.2) is 4.79 Å². The summed E-state index contributed by atoms with van der Waals surface area (Å²) in [5.74, 6) is 0. The van der Waals surface area contributed by atoms with Crippen LogP contribution in [0.2, 0.25) is 0 Å². The van der Waals surface area contributed by atoms with Crippen molar-refractivity contribution in [3.05, 3.63) is 12.8 Å². The lowest BCUT2D eigenvalue weighted by molar-refractivity contribution is -0.0843. The normalized spacial score (nSPS) is 9.08.